The van der Waals surface area contributed by atoms with Crippen molar-refractivity contribution in [3.63, 3.8) is 0 Å². The maximum atomic E-state index is 12.3. The summed E-state index contributed by atoms with van der Waals surface area (Å²) >= 11 is 3.44. The number of hydrogen-bond acceptors (Lipinski definition) is 2. The highest BCUT2D eigenvalue weighted by atomic mass is 79.9. The molecule has 0 aromatic carbocycles. The van der Waals surface area contributed by atoms with E-state index in [0.29, 0.717) is 6.42 Å². The molecular weight excluding hydrogens is 324 g/mol. The van der Waals surface area contributed by atoms with E-state index in [-0.39, 0.29) is 4.75 Å². The average molecular weight is 345 g/mol. The third-order valence-corrected chi connectivity index (χ3v) is 4.96. The van der Waals surface area contributed by atoms with Crippen molar-refractivity contribution in [1.82, 2.24) is 9.71 Å². The molecule has 0 fully saturated rings. The van der Waals surface area contributed by atoms with Crippen LogP contribution in [-0.4, -0.2) is 13.9 Å². The van der Waals surface area contributed by atoms with Gasteiger partial charge in [-0.2, -0.15) is 0 Å². The molecule has 19 heavy (non-hydrogen) atoms. The Kier molecular flexibility index (Phi) is 5.47. The van der Waals surface area contributed by atoms with Gasteiger partial charge in [0.2, 0.25) is 0 Å². The van der Waals surface area contributed by atoms with E-state index in [0.717, 1.165) is 10.2 Å². The molecule has 0 saturated heterocycles. The van der Waals surface area contributed by atoms with Crippen molar-refractivity contribution in [2.24, 2.45) is 0 Å². The first-order valence-corrected chi connectivity index (χ1v) is 8.06. The third kappa shape index (κ3) is 4.51. The Bertz CT molecular complexity index is 485. The number of rotatable bonds is 5. The number of nitrogens with one attached hydrogen (secondary N) is 1. The zero-order valence-corrected chi connectivity index (χ0v) is 14.3. The van der Waals surface area contributed by atoms with Crippen molar-refractivity contribution < 1.29 is 4.21 Å². The smallest absolute Gasteiger partial charge is 0.0979 e. The molecule has 0 radical (unpaired) electrons. The minimum atomic E-state index is -1.17. The number of halogens is 1. The molecule has 0 aliphatic carbocycles. The standard InChI is InChI=1S/C14H21BrN2OS/c1-6-8-14(5,17-19(18)13(2,3)4)12-10-11(15)7-9-16-12/h6-7,9-10,17H,1,8H2,2-5H3/t14-,19+/m0/s1. The molecular formula is C14H21BrN2OS. The molecule has 0 aliphatic rings. The van der Waals surface area contributed by atoms with Gasteiger partial charge in [0.05, 0.1) is 27.0 Å². The van der Waals surface area contributed by atoms with Crippen LogP contribution in [0.1, 0.15) is 39.8 Å². The Balaban J connectivity index is 3.10. The molecule has 1 aromatic rings. The number of pyridine rings is 1. The second kappa shape index (κ2) is 6.29. The van der Waals surface area contributed by atoms with Crippen LogP contribution in [0.15, 0.2) is 35.5 Å². The normalized spacial score (nSPS) is 16.7. The minimum absolute atomic E-state index is 0.325. The van der Waals surface area contributed by atoms with Gasteiger partial charge in [-0.25, -0.2) is 8.93 Å². The average Bonchev–Trinajstić information content (AvgIpc) is 2.28. The lowest BCUT2D eigenvalue weighted by Gasteiger charge is -2.32. The second-order valence-electron chi connectivity index (χ2n) is 5.67. The quantitative estimate of drug-likeness (QED) is 0.827. The van der Waals surface area contributed by atoms with Crippen molar-refractivity contribution in [3.05, 3.63) is 41.2 Å². The highest BCUT2D eigenvalue weighted by Crippen LogP contribution is 2.27. The summed E-state index contributed by atoms with van der Waals surface area (Å²) < 4.78 is 16.2. The van der Waals surface area contributed by atoms with Crippen molar-refractivity contribution in [2.45, 2.75) is 44.4 Å². The van der Waals surface area contributed by atoms with Crippen LogP contribution in [0.25, 0.3) is 0 Å². The summed E-state index contributed by atoms with van der Waals surface area (Å²) in [7, 11) is -1.17. The molecule has 2 atom stereocenters. The van der Waals surface area contributed by atoms with Crippen LogP contribution in [0.3, 0.4) is 0 Å². The van der Waals surface area contributed by atoms with E-state index in [2.05, 4.69) is 32.2 Å². The van der Waals surface area contributed by atoms with Gasteiger partial charge >= 0.3 is 0 Å². The van der Waals surface area contributed by atoms with Gasteiger partial charge in [0.15, 0.2) is 0 Å². The maximum Gasteiger partial charge on any atom is 0.0979 e. The van der Waals surface area contributed by atoms with Crippen molar-refractivity contribution in [2.75, 3.05) is 0 Å². The molecule has 1 N–H and O–H groups in total. The SMILES string of the molecule is C=CC[C@](C)(N[S@](=O)C(C)(C)C)c1cc(Br)ccn1. The van der Waals surface area contributed by atoms with Crippen LogP contribution in [0, 0.1) is 0 Å². The fourth-order valence-corrected chi connectivity index (χ4v) is 2.79. The van der Waals surface area contributed by atoms with E-state index in [4.69, 9.17) is 0 Å². The molecule has 0 unspecified atom stereocenters. The highest BCUT2D eigenvalue weighted by molar-refractivity contribution is 9.10. The van der Waals surface area contributed by atoms with Gasteiger partial charge in [-0.05, 0) is 46.2 Å². The summed E-state index contributed by atoms with van der Waals surface area (Å²) in [5.41, 5.74) is 0.350. The highest BCUT2D eigenvalue weighted by Gasteiger charge is 2.32. The summed E-state index contributed by atoms with van der Waals surface area (Å²) in [5, 5.41) is 0. The fourth-order valence-electron chi connectivity index (χ4n) is 1.55. The molecule has 0 spiro atoms. The number of nitrogens with zero attached hydrogens (tertiary/aromatic N) is 1. The first-order chi connectivity index (χ1) is 8.69. The first kappa shape index (κ1) is 16.5. The van der Waals surface area contributed by atoms with E-state index in [1.807, 2.05) is 45.9 Å². The fraction of sp³-hybridized carbons (Fsp3) is 0.500. The van der Waals surface area contributed by atoms with Crippen LogP contribution < -0.4 is 4.72 Å². The van der Waals surface area contributed by atoms with Gasteiger partial charge < -0.3 is 0 Å². The van der Waals surface area contributed by atoms with Crippen molar-refractivity contribution in [3.8, 4) is 0 Å². The van der Waals surface area contributed by atoms with Crippen LogP contribution in [0.5, 0.6) is 0 Å². The van der Waals surface area contributed by atoms with Gasteiger partial charge in [-0.1, -0.05) is 22.0 Å². The van der Waals surface area contributed by atoms with Gasteiger partial charge in [0, 0.05) is 10.7 Å². The van der Waals surface area contributed by atoms with E-state index in [9.17, 15) is 4.21 Å². The molecule has 0 saturated carbocycles. The lowest BCUT2D eigenvalue weighted by atomic mass is 9.94. The van der Waals surface area contributed by atoms with Crippen LogP contribution in [-0.2, 0) is 16.5 Å². The number of aromatic nitrogens is 1. The molecule has 0 bridgehead atoms. The van der Waals surface area contributed by atoms with E-state index in [1.54, 1.807) is 6.20 Å². The van der Waals surface area contributed by atoms with Gasteiger partial charge in [0.25, 0.3) is 0 Å². The van der Waals surface area contributed by atoms with Gasteiger partial charge in [-0.3, -0.25) is 4.98 Å². The molecule has 0 amide bonds. The van der Waals surface area contributed by atoms with Crippen molar-refractivity contribution >= 4 is 26.9 Å². The third-order valence-electron chi connectivity index (χ3n) is 2.71. The van der Waals surface area contributed by atoms with E-state index < -0.39 is 16.5 Å². The molecule has 3 nitrogen and oxygen atoms in total. The van der Waals surface area contributed by atoms with Crippen LogP contribution in [0.2, 0.25) is 0 Å². The molecule has 0 aliphatic heterocycles. The summed E-state index contributed by atoms with van der Waals surface area (Å²) in [6.45, 7) is 11.6. The lowest BCUT2D eigenvalue weighted by molar-refractivity contribution is 0.433. The Hall–Kier alpha value is -0.520. The zero-order chi connectivity index (χ0) is 14.7. The summed E-state index contributed by atoms with van der Waals surface area (Å²) in [6, 6.07) is 3.81. The Morgan fingerprint density at radius 2 is 2.11 bits per heavy atom. The Labute approximate surface area is 126 Å². The molecule has 5 heteroatoms. The van der Waals surface area contributed by atoms with Gasteiger partial charge in [-0.15, -0.1) is 6.58 Å². The monoisotopic (exact) mass is 344 g/mol. The molecule has 1 heterocycles. The zero-order valence-electron chi connectivity index (χ0n) is 11.9. The second-order valence-corrected chi connectivity index (χ2v) is 8.55. The molecule has 106 valence electrons. The predicted molar refractivity (Wildman–Crippen MR) is 85.1 cm³/mol. The Morgan fingerprint density at radius 3 is 2.58 bits per heavy atom. The topological polar surface area (TPSA) is 42.0 Å². The van der Waals surface area contributed by atoms with E-state index in [1.165, 1.54) is 0 Å². The number of hydrogen-bond donors (Lipinski definition) is 1. The summed E-state index contributed by atoms with van der Waals surface area (Å²) in [4.78, 5) is 4.39. The van der Waals surface area contributed by atoms with Crippen LogP contribution in [0.4, 0.5) is 0 Å². The Morgan fingerprint density at radius 1 is 1.47 bits per heavy atom. The van der Waals surface area contributed by atoms with Gasteiger partial charge in [0.1, 0.15) is 0 Å². The summed E-state index contributed by atoms with van der Waals surface area (Å²) in [6.07, 6.45) is 4.20. The van der Waals surface area contributed by atoms with E-state index >= 15 is 0 Å². The largest absolute Gasteiger partial charge is 0.259 e. The first-order valence-electron chi connectivity index (χ1n) is 6.12. The predicted octanol–water partition coefficient (Wildman–Crippen LogP) is 3.69. The lowest BCUT2D eigenvalue weighted by Crippen LogP contribution is -2.46. The minimum Gasteiger partial charge on any atom is -0.259 e. The summed E-state index contributed by atoms with van der Waals surface area (Å²) in [5.74, 6) is 0. The molecule has 1 aromatic heterocycles. The maximum absolute atomic E-state index is 12.3. The van der Waals surface area contributed by atoms with Crippen LogP contribution >= 0.6 is 15.9 Å². The molecule has 1 rings (SSSR count). The van der Waals surface area contributed by atoms with Crippen molar-refractivity contribution in [1.29, 1.82) is 0 Å².